The summed E-state index contributed by atoms with van der Waals surface area (Å²) in [5.74, 6) is 0.206. The fourth-order valence-corrected chi connectivity index (χ4v) is 1.78. The maximum atomic E-state index is 11.7. The van der Waals surface area contributed by atoms with E-state index >= 15 is 0 Å². The van der Waals surface area contributed by atoms with Crippen LogP contribution in [0.2, 0.25) is 5.02 Å². The van der Waals surface area contributed by atoms with E-state index in [1.807, 2.05) is 31.2 Å². The van der Waals surface area contributed by atoms with E-state index in [2.05, 4.69) is 5.32 Å². The third-order valence-electron chi connectivity index (χ3n) is 2.68. The van der Waals surface area contributed by atoms with Crippen molar-refractivity contribution >= 4 is 17.5 Å². The first kappa shape index (κ1) is 12.7. The molecule has 2 rings (SSSR count). The Kier molecular flexibility index (Phi) is 4.05. The van der Waals surface area contributed by atoms with E-state index in [1.54, 1.807) is 6.07 Å². The van der Waals surface area contributed by atoms with E-state index in [-0.39, 0.29) is 5.91 Å². The van der Waals surface area contributed by atoms with Crippen LogP contribution in [0.3, 0.4) is 0 Å². The van der Waals surface area contributed by atoms with Gasteiger partial charge in [0, 0.05) is 17.1 Å². The van der Waals surface area contributed by atoms with Crippen molar-refractivity contribution in [2.45, 2.75) is 13.3 Å². The molecule has 18 heavy (non-hydrogen) atoms. The second-order valence-electron chi connectivity index (χ2n) is 4.07. The largest absolute Gasteiger partial charge is 0.459 e. The predicted octanol–water partition coefficient (Wildman–Crippen LogP) is 3.21. The number of benzene rings is 1. The van der Waals surface area contributed by atoms with Gasteiger partial charge in [-0.2, -0.15) is 0 Å². The Balaban J connectivity index is 1.84. The number of aryl methyl sites for hydroxylation is 1. The Bertz CT molecular complexity index is 531. The summed E-state index contributed by atoms with van der Waals surface area (Å²) < 4.78 is 5.12. The number of carbonyl (C=O) groups excluding carboxylic acids is 1. The summed E-state index contributed by atoms with van der Waals surface area (Å²) in [6.45, 7) is 2.41. The molecule has 1 amide bonds. The lowest BCUT2D eigenvalue weighted by molar-refractivity contribution is 0.0925. The first-order chi connectivity index (χ1) is 8.66. The molecule has 2 aromatic rings. The van der Waals surface area contributed by atoms with Crippen molar-refractivity contribution in [1.82, 2.24) is 5.32 Å². The average molecular weight is 264 g/mol. The molecule has 94 valence electrons. The normalized spacial score (nSPS) is 10.3. The van der Waals surface area contributed by atoms with Gasteiger partial charge in [0.15, 0.2) is 5.76 Å². The Morgan fingerprint density at radius 3 is 2.61 bits per heavy atom. The molecular formula is C14H14ClNO2. The smallest absolute Gasteiger partial charge is 0.287 e. The standard InChI is InChI=1S/C14H14ClNO2/c1-10-7-9-18-13(10)14(17)16-8-6-11-2-4-12(15)5-3-11/h2-5,7,9H,6,8H2,1H3,(H,16,17). The van der Waals surface area contributed by atoms with E-state index < -0.39 is 0 Å². The molecule has 1 aromatic heterocycles. The van der Waals surface area contributed by atoms with Gasteiger partial charge in [-0.3, -0.25) is 4.79 Å². The Morgan fingerprint density at radius 1 is 1.28 bits per heavy atom. The number of carbonyl (C=O) groups is 1. The van der Waals surface area contributed by atoms with E-state index in [1.165, 1.54) is 6.26 Å². The first-order valence-corrected chi connectivity index (χ1v) is 6.11. The summed E-state index contributed by atoms with van der Waals surface area (Å²) in [5.41, 5.74) is 1.98. The predicted molar refractivity (Wildman–Crippen MR) is 70.9 cm³/mol. The molecule has 0 aliphatic carbocycles. The van der Waals surface area contributed by atoms with Gasteiger partial charge in [-0.05, 0) is 37.1 Å². The molecule has 0 aliphatic rings. The van der Waals surface area contributed by atoms with Crippen molar-refractivity contribution in [3.8, 4) is 0 Å². The topological polar surface area (TPSA) is 42.2 Å². The van der Waals surface area contributed by atoms with Gasteiger partial charge in [-0.25, -0.2) is 0 Å². The lowest BCUT2D eigenvalue weighted by Crippen LogP contribution is -2.25. The molecule has 0 bridgehead atoms. The van der Waals surface area contributed by atoms with E-state index in [0.29, 0.717) is 17.3 Å². The SMILES string of the molecule is Cc1ccoc1C(=O)NCCc1ccc(Cl)cc1. The van der Waals surface area contributed by atoms with E-state index in [9.17, 15) is 4.79 Å². The number of rotatable bonds is 4. The zero-order valence-electron chi connectivity index (χ0n) is 10.1. The van der Waals surface area contributed by atoms with Gasteiger partial charge in [0.2, 0.25) is 0 Å². The molecule has 1 N–H and O–H groups in total. The summed E-state index contributed by atoms with van der Waals surface area (Å²) in [5, 5.41) is 3.54. The monoisotopic (exact) mass is 263 g/mol. The van der Waals surface area contributed by atoms with Gasteiger partial charge in [0.25, 0.3) is 5.91 Å². The number of hydrogen-bond acceptors (Lipinski definition) is 2. The third-order valence-corrected chi connectivity index (χ3v) is 2.93. The van der Waals surface area contributed by atoms with Crippen molar-refractivity contribution in [3.05, 3.63) is 58.5 Å². The molecule has 1 heterocycles. The van der Waals surface area contributed by atoms with Crippen LogP contribution in [0.1, 0.15) is 21.7 Å². The summed E-state index contributed by atoms with van der Waals surface area (Å²) in [6.07, 6.45) is 2.28. The summed E-state index contributed by atoms with van der Waals surface area (Å²) in [7, 11) is 0. The Hall–Kier alpha value is -1.74. The van der Waals surface area contributed by atoms with Crippen molar-refractivity contribution < 1.29 is 9.21 Å². The van der Waals surface area contributed by atoms with Gasteiger partial charge in [-0.15, -0.1) is 0 Å². The lowest BCUT2D eigenvalue weighted by Gasteiger charge is -2.04. The van der Waals surface area contributed by atoms with Gasteiger partial charge >= 0.3 is 0 Å². The zero-order chi connectivity index (χ0) is 13.0. The fourth-order valence-electron chi connectivity index (χ4n) is 1.66. The van der Waals surface area contributed by atoms with E-state index in [0.717, 1.165) is 17.5 Å². The fraction of sp³-hybridized carbons (Fsp3) is 0.214. The molecule has 0 saturated heterocycles. The molecule has 4 heteroatoms. The van der Waals surface area contributed by atoms with Crippen LogP contribution in [-0.2, 0) is 6.42 Å². The number of nitrogens with one attached hydrogen (secondary N) is 1. The van der Waals surface area contributed by atoms with Crippen LogP contribution < -0.4 is 5.32 Å². The van der Waals surface area contributed by atoms with Crippen LogP contribution in [0, 0.1) is 6.92 Å². The van der Waals surface area contributed by atoms with Crippen LogP contribution in [-0.4, -0.2) is 12.5 Å². The highest BCUT2D eigenvalue weighted by molar-refractivity contribution is 6.30. The lowest BCUT2D eigenvalue weighted by atomic mass is 10.1. The zero-order valence-corrected chi connectivity index (χ0v) is 10.8. The second-order valence-corrected chi connectivity index (χ2v) is 4.50. The van der Waals surface area contributed by atoms with Crippen LogP contribution in [0.4, 0.5) is 0 Å². The maximum absolute atomic E-state index is 11.7. The highest BCUT2D eigenvalue weighted by Gasteiger charge is 2.11. The van der Waals surface area contributed by atoms with E-state index in [4.69, 9.17) is 16.0 Å². The van der Waals surface area contributed by atoms with Crippen LogP contribution in [0.15, 0.2) is 41.0 Å². The van der Waals surface area contributed by atoms with Gasteiger partial charge in [-0.1, -0.05) is 23.7 Å². The molecular weight excluding hydrogens is 250 g/mol. The Labute approximate surface area is 111 Å². The number of halogens is 1. The molecule has 0 fully saturated rings. The van der Waals surface area contributed by atoms with Crippen molar-refractivity contribution in [2.75, 3.05) is 6.54 Å². The minimum absolute atomic E-state index is 0.175. The summed E-state index contributed by atoms with van der Waals surface area (Å²) in [4.78, 5) is 11.7. The molecule has 0 aliphatic heterocycles. The molecule has 0 atom stereocenters. The molecule has 1 aromatic carbocycles. The van der Waals surface area contributed by atoms with Crippen molar-refractivity contribution in [3.63, 3.8) is 0 Å². The molecule has 0 spiro atoms. The summed E-state index contributed by atoms with van der Waals surface area (Å²) >= 11 is 5.80. The quantitative estimate of drug-likeness (QED) is 0.920. The first-order valence-electron chi connectivity index (χ1n) is 5.73. The van der Waals surface area contributed by atoms with Gasteiger partial charge in [0.05, 0.1) is 6.26 Å². The van der Waals surface area contributed by atoms with Crippen LogP contribution in [0.25, 0.3) is 0 Å². The van der Waals surface area contributed by atoms with Crippen molar-refractivity contribution in [1.29, 1.82) is 0 Å². The highest BCUT2D eigenvalue weighted by Crippen LogP contribution is 2.10. The highest BCUT2D eigenvalue weighted by atomic mass is 35.5. The average Bonchev–Trinajstić information content (AvgIpc) is 2.78. The molecule has 0 saturated carbocycles. The molecule has 0 radical (unpaired) electrons. The van der Waals surface area contributed by atoms with Crippen LogP contribution >= 0.6 is 11.6 Å². The summed E-state index contributed by atoms with van der Waals surface area (Å²) in [6, 6.07) is 9.36. The number of amides is 1. The number of furan rings is 1. The second kappa shape index (κ2) is 5.74. The van der Waals surface area contributed by atoms with Gasteiger partial charge < -0.3 is 9.73 Å². The molecule has 3 nitrogen and oxygen atoms in total. The van der Waals surface area contributed by atoms with Crippen LogP contribution in [0.5, 0.6) is 0 Å². The third kappa shape index (κ3) is 3.14. The Morgan fingerprint density at radius 2 is 2.00 bits per heavy atom. The minimum Gasteiger partial charge on any atom is -0.459 e. The van der Waals surface area contributed by atoms with Gasteiger partial charge in [0.1, 0.15) is 0 Å². The molecule has 0 unspecified atom stereocenters. The van der Waals surface area contributed by atoms with Crippen molar-refractivity contribution in [2.24, 2.45) is 0 Å². The minimum atomic E-state index is -0.175. The maximum Gasteiger partial charge on any atom is 0.287 e. The number of hydrogen-bond donors (Lipinski definition) is 1.